The van der Waals surface area contributed by atoms with Gasteiger partial charge in [-0.25, -0.2) is 4.39 Å². The second kappa shape index (κ2) is 5.59. The fraction of sp³-hybridized carbons (Fsp3) is 0. The summed E-state index contributed by atoms with van der Waals surface area (Å²) in [5.74, 6) is -0.809. The first-order valence-electron chi connectivity index (χ1n) is 5.29. The second-order valence-corrected chi connectivity index (χ2v) is 5.02. The van der Waals surface area contributed by atoms with Crippen LogP contribution < -0.4 is 11.1 Å². The first-order chi connectivity index (χ1) is 8.99. The average Bonchev–Trinajstić information content (AvgIpc) is 2.37. The van der Waals surface area contributed by atoms with Crippen molar-refractivity contribution in [2.45, 2.75) is 0 Å². The molecule has 1 amide bonds. The average molecular weight is 344 g/mol. The molecule has 2 aromatic rings. The summed E-state index contributed by atoms with van der Waals surface area (Å²) in [6, 6.07) is 8.98. The number of hydrogen-bond donors (Lipinski definition) is 2. The molecule has 2 rings (SSSR count). The normalized spacial score (nSPS) is 10.3. The highest BCUT2D eigenvalue weighted by Gasteiger charge is 2.12. The molecule has 0 unspecified atom stereocenters. The van der Waals surface area contributed by atoms with Crippen molar-refractivity contribution >= 4 is 44.8 Å². The molecule has 6 heteroatoms. The minimum Gasteiger partial charge on any atom is -0.398 e. The van der Waals surface area contributed by atoms with Crippen LogP contribution in [-0.2, 0) is 0 Å². The van der Waals surface area contributed by atoms with E-state index in [0.29, 0.717) is 11.4 Å². The topological polar surface area (TPSA) is 55.1 Å². The number of anilines is 2. The maximum Gasteiger partial charge on any atom is 0.257 e. The fourth-order valence-electron chi connectivity index (χ4n) is 1.50. The zero-order chi connectivity index (χ0) is 14.0. The van der Waals surface area contributed by atoms with Gasteiger partial charge in [0.15, 0.2) is 0 Å². The van der Waals surface area contributed by atoms with Crippen LogP contribution in [0.2, 0.25) is 5.02 Å². The van der Waals surface area contributed by atoms with E-state index < -0.39 is 11.7 Å². The van der Waals surface area contributed by atoms with Gasteiger partial charge in [0, 0.05) is 5.69 Å². The van der Waals surface area contributed by atoms with Gasteiger partial charge in [-0.2, -0.15) is 0 Å². The summed E-state index contributed by atoms with van der Waals surface area (Å²) in [6.45, 7) is 0. The lowest BCUT2D eigenvalue weighted by Crippen LogP contribution is -2.13. The Bertz CT molecular complexity index is 649. The largest absolute Gasteiger partial charge is 0.398 e. The maximum atomic E-state index is 13.1. The SMILES string of the molecule is Nc1cccc(C(=O)Nc2ccc(F)c(Br)c2)c1Cl. The van der Waals surface area contributed by atoms with Crippen molar-refractivity contribution in [2.24, 2.45) is 0 Å². The van der Waals surface area contributed by atoms with E-state index >= 15 is 0 Å². The molecular formula is C13H9BrClFN2O. The number of carbonyl (C=O) groups is 1. The molecule has 19 heavy (non-hydrogen) atoms. The number of nitrogen functional groups attached to an aromatic ring is 1. The van der Waals surface area contributed by atoms with E-state index in [-0.39, 0.29) is 15.1 Å². The van der Waals surface area contributed by atoms with Gasteiger partial charge in [0.05, 0.1) is 20.7 Å². The Labute approximate surface area is 122 Å². The monoisotopic (exact) mass is 342 g/mol. The Kier molecular flexibility index (Phi) is 4.07. The number of carbonyl (C=O) groups excluding carboxylic acids is 1. The first kappa shape index (κ1) is 13.8. The lowest BCUT2D eigenvalue weighted by atomic mass is 10.2. The molecule has 0 radical (unpaired) electrons. The minimum atomic E-state index is -0.407. The Balaban J connectivity index is 2.26. The van der Waals surface area contributed by atoms with Crippen molar-refractivity contribution in [2.75, 3.05) is 11.1 Å². The Hall–Kier alpha value is -1.59. The molecule has 0 aliphatic heterocycles. The molecule has 0 saturated carbocycles. The predicted octanol–water partition coefficient (Wildman–Crippen LogP) is 4.08. The smallest absolute Gasteiger partial charge is 0.257 e. The van der Waals surface area contributed by atoms with Gasteiger partial charge in [0.2, 0.25) is 0 Å². The van der Waals surface area contributed by atoms with Gasteiger partial charge in [0.1, 0.15) is 5.82 Å². The third kappa shape index (κ3) is 3.05. The van der Waals surface area contributed by atoms with Gasteiger partial charge < -0.3 is 11.1 Å². The molecule has 98 valence electrons. The molecule has 0 spiro atoms. The van der Waals surface area contributed by atoms with Crippen molar-refractivity contribution in [3.63, 3.8) is 0 Å². The van der Waals surface area contributed by atoms with E-state index in [9.17, 15) is 9.18 Å². The van der Waals surface area contributed by atoms with E-state index in [0.717, 1.165) is 0 Å². The summed E-state index contributed by atoms with van der Waals surface area (Å²) in [6.07, 6.45) is 0. The molecule has 0 bridgehead atoms. The number of benzene rings is 2. The molecule has 2 aromatic carbocycles. The van der Waals surface area contributed by atoms with Crippen LogP contribution in [0.15, 0.2) is 40.9 Å². The second-order valence-electron chi connectivity index (χ2n) is 3.79. The van der Waals surface area contributed by atoms with Crippen LogP contribution in [-0.4, -0.2) is 5.91 Å². The summed E-state index contributed by atoms with van der Waals surface area (Å²) in [4.78, 5) is 12.0. The molecule has 0 fully saturated rings. The van der Waals surface area contributed by atoms with Crippen LogP contribution in [0.5, 0.6) is 0 Å². The van der Waals surface area contributed by atoms with Gasteiger partial charge in [0.25, 0.3) is 5.91 Å². The highest BCUT2D eigenvalue weighted by Crippen LogP contribution is 2.25. The Morgan fingerprint density at radius 2 is 2.05 bits per heavy atom. The van der Waals surface area contributed by atoms with Gasteiger partial charge in [-0.15, -0.1) is 0 Å². The molecule has 3 nitrogen and oxygen atoms in total. The first-order valence-corrected chi connectivity index (χ1v) is 6.46. The van der Waals surface area contributed by atoms with Crippen molar-refractivity contribution < 1.29 is 9.18 Å². The molecule has 0 atom stereocenters. The zero-order valence-corrected chi connectivity index (χ0v) is 11.9. The number of hydrogen-bond acceptors (Lipinski definition) is 2. The van der Waals surface area contributed by atoms with Gasteiger partial charge in [-0.3, -0.25) is 4.79 Å². The van der Waals surface area contributed by atoms with Crippen molar-refractivity contribution in [3.8, 4) is 0 Å². The van der Waals surface area contributed by atoms with E-state index in [1.165, 1.54) is 18.2 Å². The molecule has 0 aliphatic rings. The van der Waals surface area contributed by atoms with Crippen LogP contribution in [0.3, 0.4) is 0 Å². The van der Waals surface area contributed by atoms with E-state index in [1.807, 2.05) is 0 Å². The van der Waals surface area contributed by atoms with Crippen LogP contribution in [0.4, 0.5) is 15.8 Å². The van der Waals surface area contributed by atoms with Crippen molar-refractivity contribution in [3.05, 3.63) is 57.3 Å². The standard InChI is InChI=1S/C13H9BrClFN2O/c14-9-6-7(4-5-10(9)16)18-13(19)8-2-1-3-11(17)12(8)15/h1-6H,17H2,(H,18,19). The van der Waals surface area contributed by atoms with Crippen LogP contribution in [0, 0.1) is 5.82 Å². The van der Waals surface area contributed by atoms with Crippen LogP contribution in [0.25, 0.3) is 0 Å². The molecule has 3 N–H and O–H groups in total. The van der Waals surface area contributed by atoms with Gasteiger partial charge in [-0.1, -0.05) is 17.7 Å². The third-order valence-electron chi connectivity index (χ3n) is 2.45. The van der Waals surface area contributed by atoms with Gasteiger partial charge >= 0.3 is 0 Å². The lowest BCUT2D eigenvalue weighted by molar-refractivity contribution is 0.102. The van der Waals surface area contributed by atoms with E-state index in [4.69, 9.17) is 17.3 Å². The van der Waals surface area contributed by atoms with Crippen LogP contribution in [0.1, 0.15) is 10.4 Å². The number of nitrogens with two attached hydrogens (primary N) is 1. The zero-order valence-electron chi connectivity index (χ0n) is 9.58. The third-order valence-corrected chi connectivity index (χ3v) is 3.48. The molecule has 0 heterocycles. The number of amides is 1. The molecule has 0 aromatic heterocycles. The highest BCUT2D eigenvalue weighted by molar-refractivity contribution is 9.10. The summed E-state index contributed by atoms with van der Waals surface area (Å²) in [7, 11) is 0. The van der Waals surface area contributed by atoms with Crippen LogP contribution >= 0.6 is 27.5 Å². The number of rotatable bonds is 2. The fourth-order valence-corrected chi connectivity index (χ4v) is 2.09. The molecule has 0 aliphatic carbocycles. The van der Waals surface area contributed by atoms with Crippen molar-refractivity contribution in [1.82, 2.24) is 0 Å². The highest BCUT2D eigenvalue weighted by atomic mass is 79.9. The number of nitrogens with one attached hydrogen (secondary N) is 1. The van der Waals surface area contributed by atoms with Crippen molar-refractivity contribution in [1.29, 1.82) is 0 Å². The van der Waals surface area contributed by atoms with E-state index in [2.05, 4.69) is 21.2 Å². The number of halogens is 3. The summed E-state index contributed by atoms with van der Waals surface area (Å²) in [5.41, 5.74) is 6.68. The Morgan fingerprint density at radius 1 is 1.32 bits per heavy atom. The quantitative estimate of drug-likeness (QED) is 0.807. The molecule has 0 saturated heterocycles. The summed E-state index contributed by atoms with van der Waals surface area (Å²) in [5, 5.41) is 2.81. The molecular weight excluding hydrogens is 335 g/mol. The summed E-state index contributed by atoms with van der Waals surface area (Å²) >= 11 is 9.00. The summed E-state index contributed by atoms with van der Waals surface area (Å²) < 4.78 is 13.3. The predicted molar refractivity (Wildman–Crippen MR) is 77.9 cm³/mol. The van der Waals surface area contributed by atoms with E-state index in [1.54, 1.807) is 18.2 Å². The van der Waals surface area contributed by atoms with Gasteiger partial charge in [-0.05, 0) is 46.3 Å². The maximum absolute atomic E-state index is 13.1. The Morgan fingerprint density at radius 3 is 2.74 bits per heavy atom. The minimum absolute atomic E-state index is 0.196. The lowest BCUT2D eigenvalue weighted by Gasteiger charge is -2.08.